The highest BCUT2D eigenvalue weighted by Crippen LogP contribution is 2.41. The minimum atomic E-state index is 0.166. The molecule has 2 aliphatic rings. The summed E-state index contributed by atoms with van der Waals surface area (Å²) < 4.78 is 5.13. The second-order valence-corrected chi connectivity index (χ2v) is 5.46. The molecule has 19 heavy (non-hydrogen) atoms. The van der Waals surface area contributed by atoms with Gasteiger partial charge in [0.05, 0.1) is 12.8 Å². The number of piperidine rings is 1. The van der Waals surface area contributed by atoms with Gasteiger partial charge in [-0.05, 0) is 37.4 Å². The van der Waals surface area contributed by atoms with E-state index in [2.05, 4.69) is 10.3 Å². The van der Waals surface area contributed by atoms with Crippen LogP contribution in [0.3, 0.4) is 0 Å². The first-order valence-corrected chi connectivity index (χ1v) is 6.74. The number of carbonyl (C=O) groups is 1. The molecule has 0 unspecified atom stereocenters. The molecule has 0 saturated carbocycles. The highest BCUT2D eigenvalue weighted by Gasteiger charge is 2.44. The standard InChI is InChI=1S/C14H19N3O2/c1-19-12-8-11(2-5-16-12)17-10-14(9-13(17)18)3-6-15-7-4-14/h2,5,8,15H,3-4,6-7,9-10H2,1H3. The van der Waals surface area contributed by atoms with Crippen molar-refractivity contribution >= 4 is 11.6 Å². The third-order valence-corrected chi connectivity index (χ3v) is 4.22. The number of nitrogens with zero attached hydrogens (tertiary/aromatic N) is 2. The fourth-order valence-corrected chi connectivity index (χ4v) is 3.10. The number of nitrogens with one attached hydrogen (secondary N) is 1. The quantitative estimate of drug-likeness (QED) is 0.869. The maximum atomic E-state index is 12.3. The van der Waals surface area contributed by atoms with Crippen molar-refractivity contribution in [3.05, 3.63) is 18.3 Å². The van der Waals surface area contributed by atoms with Crippen LogP contribution >= 0.6 is 0 Å². The zero-order chi connectivity index (χ0) is 13.3. The summed E-state index contributed by atoms with van der Waals surface area (Å²) in [6, 6.07) is 3.71. The van der Waals surface area contributed by atoms with Gasteiger partial charge in [-0.2, -0.15) is 0 Å². The van der Waals surface area contributed by atoms with E-state index >= 15 is 0 Å². The van der Waals surface area contributed by atoms with Crippen molar-refractivity contribution < 1.29 is 9.53 Å². The zero-order valence-electron chi connectivity index (χ0n) is 11.2. The Morgan fingerprint density at radius 1 is 1.42 bits per heavy atom. The predicted octanol–water partition coefficient (Wildman–Crippen LogP) is 1.20. The third kappa shape index (κ3) is 2.30. The molecule has 2 saturated heterocycles. The van der Waals surface area contributed by atoms with E-state index in [1.165, 1.54) is 0 Å². The minimum absolute atomic E-state index is 0.166. The number of ether oxygens (including phenoxy) is 1. The van der Waals surface area contributed by atoms with Gasteiger partial charge in [-0.25, -0.2) is 4.98 Å². The first-order chi connectivity index (χ1) is 9.22. The average Bonchev–Trinajstić information content (AvgIpc) is 2.76. The molecule has 1 spiro atoms. The van der Waals surface area contributed by atoms with Crippen molar-refractivity contribution in [2.45, 2.75) is 19.3 Å². The molecule has 0 atom stereocenters. The van der Waals surface area contributed by atoms with Gasteiger partial charge in [0.1, 0.15) is 0 Å². The van der Waals surface area contributed by atoms with Crippen molar-refractivity contribution in [2.24, 2.45) is 5.41 Å². The Kier molecular flexibility index (Phi) is 3.14. The molecule has 0 radical (unpaired) electrons. The lowest BCUT2D eigenvalue weighted by molar-refractivity contribution is -0.117. The van der Waals surface area contributed by atoms with Gasteiger partial charge in [0.15, 0.2) is 0 Å². The van der Waals surface area contributed by atoms with Crippen LogP contribution in [0.5, 0.6) is 5.88 Å². The molecule has 2 aliphatic heterocycles. The normalized spacial score (nSPS) is 21.9. The van der Waals surface area contributed by atoms with E-state index in [1.54, 1.807) is 13.3 Å². The van der Waals surface area contributed by atoms with Crippen LogP contribution in [0.1, 0.15) is 19.3 Å². The molecule has 2 fully saturated rings. The van der Waals surface area contributed by atoms with E-state index in [9.17, 15) is 4.79 Å². The van der Waals surface area contributed by atoms with Crippen molar-refractivity contribution in [2.75, 3.05) is 31.6 Å². The number of rotatable bonds is 2. The second-order valence-electron chi connectivity index (χ2n) is 5.46. The number of pyridine rings is 1. The number of anilines is 1. The number of carbonyl (C=O) groups excluding carboxylic acids is 1. The minimum Gasteiger partial charge on any atom is -0.481 e. The van der Waals surface area contributed by atoms with Crippen LogP contribution in [-0.2, 0) is 4.79 Å². The summed E-state index contributed by atoms with van der Waals surface area (Å²) in [6.07, 6.45) is 4.52. The molecule has 1 amide bonds. The number of amides is 1. The van der Waals surface area contributed by atoms with Gasteiger partial charge in [0.2, 0.25) is 11.8 Å². The van der Waals surface area contributed by atoms with Crippen molar-refractivity contribution in [3.8, 4) is 5.88 Å². The molecule has 0 aromatic carbocycles. The Labute approximate surface area is 113 Å². The molecule has 3 rings (SSSR count). The Balaban J connectivity index is 1.83. The number of hydrogen-bond acceptors (Lipinski definition) is 4. The maximum absolute atomic E-state index is 12.3. The molecule has 102 valence electrons. The molecule has 1 aromatic rings. The molecule has 5 heteroatoms. The van der Waals surface area contributed by atoms with Crippen LogP contribution in [0.25, 0.3) is 0 Å². The average molecular weight is 261 g/mol. The third-order valence-electron chi connectivity index (χ3n) is 4.22. The van der Waals surface area contributed by atoms with Crippen LogP contribution in [0.2, 0.25) is 0 Å². The zero-order valence-corrected chi connectivity index (χ0v) is 11.2. The van der Waals surface area contributed by atoms with E-state index < -0.39 is 0 Å². The highest BCUT2D eigenvalue weighted by molar-refractivity contribution is 5.96. The van der Waals surface area contributed by atoms with Gasteiger partial charge in [-0.15, -0.1) is 0 Å². The van der Waals surface area contributed by atoms with E-state index in [0.29, 0.717) is 12.3 Å². The van der Waals surface area contributed by atoms with E-state index in [1.807, 2.05) is 17.0 Å². The highest BCUT2D eigenvalue weighted by atomic mass is 16.5. The first kappa shape index (κ1) is 12.4. The van der Waals surface area contributed by atoms with Crippen LogP contribution in [0.4, 0.5) is 5.69 Å². The lowest BCUT2D eigenvalue weighted by Crippen LogP contribution is -2.38. The van der Waals surface area contributed by atoms with Crippen molar-refractivity contribution in [3.63, 3.8) is 0 Å². The number of methoxy groups -OCH3 is 1. The van der Waals surface area contributed by atoms with Crippen LogP contribution in [-0.4, -0.2) is 37.6 Å². The summed E-state index contributed by atoms with van der Waals surface area (Å²) in [6.45, 7) is 2.85. The number of hydrogen-bond donors (Lipinski definition) is 1. The molecule has 1 N–H and O–H groups in total. The molecule has 5 nitrogen and oxygen atoms in total. The maximum Gasteiger partial charge on any atom is 0.227 e. The summed E-state index contributed by atoms with van der Waals surface area (Å²) in [5, 5.41) is 3.36. The van der Waals surface area contributed by atoms with Crippen molar-refractivity contribution in [1.29, 1.82) is 0 Å². The monoisotopic (exact) mass is 261 g/mol. The summed E-state index contributed by atoms with van der Waals surface area (Å²) in [7, 11) is 1.59. The molecule has 1 aromatic heterocycles. The Bertz CT molecular complexity index is 483. The van der Waals surface area contributed by atoms with Gasteiger partial charge in [-0.1, -0.05) is 0 Å². The molecule has 0 bridgehead atoms. The van der Waals surface area contributed by atoms with Crippen LogP contribution in [0, 0.1) is 5.41 Å². The lowest BCUT2D eigenvalue weighted by atomic mass is 9.78. The van der Waals surface area contributed by atoms with Gasteiger partial charge in [-0.3, -0.25) is 4.79 Å². The van der Waals surface area contributed by atoms with Gasteiger partial charge >= 0.3 is 0 Å². The molecule has 0 aliphatic carbocycles. The van der Waals surface area contributed by atoms with Crippen LogP contribution in [0.15, 0.2) is 18.3 Å². The smallest absolute Gasteiger partial charge is 0.227 e. The predicted molar refractivity (Wildman–Crippen MR) is 72.3 cm³/mol. The van der Waals surface area contributed by atoms with Gasteiger partial charge < -0.3 is 15.0 Å². The van der Waals surface area contributed by atoms with Gasteiger partial charge in [0.25, 0.3) is 0 Å². The second kappa shape index (κ2) is 4.81. The molecular formula is C14H19N3O2. The summed E-state index contributed by atoms with van der Waals surface area (Å²) in [5.41, 5.74) is 1.06. The SMILES string of the molecule is COc1cc(N2CC3(CCNCC3)CC2=O)ccn1. The van der Waals surface area contributed by atoms with E-state index in [0.717, 1.165) is 38.2 Å². The summed E-state index contributed by atoms with van der Waals surface area (Å²) in [4.78, 5) is 18.3. The lowest BCUT2D eigenvalue weighted by Gasteiger charge is -2.33. The summed E-state index contributed by atoms with van der Waals surface area (Å²) in [5.74, 6) is 0.770. The number of aromatic nitrogens is 1. The Hall–Kier alpha value is -1.62. The largest absolute Gasteiger partial charge is 0.481 e. The summed E-state index contributed by atoms with van der Waals surface area (Å²) >= 11 is 0. The fourth-order valence-electron chi connectivity index (χ4n) is 3.10. The molecular weight excluding hydrogens is 242 g/mol. The Morgan fingerprint density at radius 2 is 2.21 bits per heavy atom. The topological polar surface area (TPSA) is 54.5 Å². The van der Waals surface area contributed by atoms with Gasteiger partial charge in [0, 0.05) is 25.2 Å². The fraction of sp³-hybridized carbons (Fsp3) is 0.571. The van der Waals surface area contributed by atoms with E-state index in [4.69, 9.17) is 4.74 Å². The first-order valence-electron chi connectivity index (χ1n) is 6.74. The Morgan fingerprint density at radius 3 is 2.95 bits per heavy atom. The van der Waals surface area contributed by atoms with Crippen molar-refractivity contribution in [1.82, 2.24) is 10.3 Å². The molecule has 3 heterocycles. The van der Waals surface area contributed by atoms with Crippen LogP contribution < -0.4 is 15.0 Å². The van der Waals surface area contributed by atoms with E-state index in [-0.39, 0.29) is 11.3 Å².